The molecule has 0 saturated carbocycles. The number of aliphatic hydroxyl groups excluding tert-OH is 1. The maximum Gasteiger partial charge on any atom is 0.310 e. The third-order valence-corrected chi connectivity index (χ3v) is 3.01. The van der Waals surface area contributed by atoms with Crippen molar-refractivity contribution in [1.29, 1.82) is 0 Å². The highest BCUT2D eigenvalue weighted by atomic mass is 16.6. The SMILES string of the molecule is COc1cc(C(=O)NCCCCCCO)ccc1[N+](=O)[O-]. The Morgan fingerprint density at radius 3 is 2.67 bits per heavy atom. The molecule has 116 valence electrons. The van der Waals surface area contributed by atoms with Crippen LogP contribution in [0.5, 0.6) is 5.75 Å². The Morgan fingerprint density at radius 1 is 1.33 bits per heavy atom. The predicted octanol–water partition coefficient (Wildman–Crippen LogP) is 1.89. The third kappa shape index (κ3) is 5.39. The summed E-state index contributed by atoms with van der Waals surface area (Å²) in [5.74, 6) is -0.221. The van der Waals surface area contributed by atoms with Crippen LogP contribution in [-0.2, 0) is 0 Å². The van der Waals surface area contributed by atoms with Crippen LogP contribution in [0.15, 0.2) is 18.2 Å². The maximum absolute atomic E-state index is 11.9. The van der Waals surface area contributed by atoms with Crippen LogP contribution in [0.25, 0.3) is 0 Å². The molecule has 0 aromatic heterocycles. The standard InChI is InChI=1S/C14H20N2O5/c1-21-13-10-11(6-7-12(13)16(19)20)14(18)15-8-4-2-3-5-9-17/h6-7,10,17H,2-5,8-9H2,1H3,(H,15,18). The van der Waals surface area contributed by atoms with Crippen LogP contribution in [0, 0.1) is 10.1 Å². The second-order valence-electron chi connectivity index (χ2n) is 4.54. The number of ether oxygens (including phenoxy) is 1. The molecule has 0 bridgehead atoms. The van der Waals surface area contributed by atoms with Crippen LogP contribution in [-0.4, -0.2) is 36.2 Å². The van der Waals surface area contributed by atoms with Gasteiger partial charge in [0.05, 0.1) is 12.0 Å². The lowest BCUT2D eigenvalue weighted by molar-refractivity contribution is -0.385. The summed E-state index contributed by atoms with van der Waals surface area (Å²) in [6, 6.07) is 4.02. The van der Waals surface area contributed by atoms with Gasteiger partial charge in [0.1, 0.15) is 0 Å². The average molecular weight is 296 g/mol. The highest BCUT2D eigenvalue weighted by molar-refractivity contribution is 5.95. The number of rotatable bonds is 9. The van der Waals surface area contributed by atoms with Crippen LogP contribution in [0.4, 0.5) is 5.69 Å². The van der Waals surface area contributed by atoms with E-state index in [2.05, 4.69) is 5.32 Å². The number of aliphatic hydroxyl groups is 1. The fourth-order valence-corrected chi connectivity index (χ4v) is 1.86. The lowest BCUT2D eigenvalue weighted by Gasteiger charge is -2.07. The van der Waals surface area contributed by atoms with Crippen molar-refractivity contribution < 1.29 is 19.6 Å². The van der Waals surface area contributed by atoms with E-state index in [4.69, 9.17) is 9.84 Å². The molecule has 0 unspecified atom stereocenters. The monoisotopic (exact) mass is 296 g/mol. The fourth-order valence-electron chi connectivity index (χ4n) is 1.86. The molecule has 0 heterocycles. The molecule has 0 aliphatic rings. The van der Waals surface area contributed by atoms with Gasteiger partial charge in [-0.1, -0.05) is 12.8 Å². The number of hydrogen-bond acceptors (Lipinski definition) is 5. The van der Waals surface area contributed by atoms with E-state index in [9.17, 15) is 14.9 Å². The zero-order chi connectivity index (χ0) is 15.7. The van der Waals surface area contributed by atoms with Crippen LogP contribution < -0.4 is 10.1 Å². The summed E-state index contributed by atoms with van der Waals surface area (Å²) in [7, 11) is 1.32. The van der Waals surface area contributed by atoms with Gasteiger partial charge in [0, 0.05) is 30.8 Å². The van der Waals surface area contributed by atoms with Gasteiger partial charge in [0.25, 0.3) is 5.91 Å². The van der Waals surface area contributed by atoms with Crippen molar-refractivity contribution in [3.05, 3.63) is 33.9 Å². The molecule has 1 amide bonds. The second-order valence-corrected chi connectivity index (χ2v) is 4.54. The van der Waals surface area contributed by atoms with Gasteiger partial charge in [-0.05, 0) is 18.9 Å². The Kier molecular flexibility index (Phi) is 7.17. The van der Waals surface area contributed by atoms with Crippen molar-refractivity contribution in [3.63, 3.8) is 0 Å². The Morgan fingerprint density at radius 2 is 2.05 bits per heavy atom. The molecule has 7 nitrogen and oxygen atoms in total. The van der Waals surface area contributed by atoms with E-state index in [1.165, 1.54) is 25.3 Å². The van der Waals surface area contributed by atoms with E-state index in [0.29, 0.717) is 12.1 Å². The van der Waals surface area contributed by atoms with Crippen LogP contribution >= 0.6 is 0 Å². The number of carbonyl (C=O) groups excluding carboxylic acids is 1. The second kappa shape index (κ2) is 8.91. The van der Waals surface area contributed by atoms with E-state index in [-0.39, 0.29) is 24.0 Å². The number of carbonyl (C=O) groups is 1. The molecule has 7 heteroatoms. The van der Waals surface area contributed by atoms with Gasteiger partial charge in [-0.15, -0.1) is 0 Å². The molecule has 0 aliphatic heterocycles. The zero-order valence-corrected chi connectivity index (χ0v) is 12.0. The Balaban J connectivity index is 2.53. The molecular formula is C14H20N2O5. The van der Waals surface area contributed by atoms with Crippen LogP contribution in [0.3, 0.4) is 0 Å². The molecule has 1 rings (SSSR count). The van der Waals surface area contributed by atoms with E-state index < -0.39 is 4.92 Å². The normalized spacial score (nSPS) is 10.2. The number of nitrogens with one attached hydrogen (secondary N) is 1. The number of benzene rings is 1. The summed E-state index contributed by atoms with van der Waals surface area (Å²) in [6.07, 6.45) is 3.46. The van der Waals surface area contributed by atoms with Crippen molar-refractivity contribution in [2.75, 3.05) is 20.3 Å². The van der Waals surface area contributed by atoms with Crippen LogP contribution in [0.1, 0.15) is 36.0 Å². The lowest BCUT2D eigenvalue weighted by atomic mass is 10.1. The van der Waals surface area contributed by atoms with Gasteiger partial charge in [-0.25, -0.2) is 0 Å². The molecule has 0 atom stereocenters. The largest absolute Gasteiger partial charge is 0.490 e. The summed E-state index contributed by atoms with van der Waals surface area (Å²) >= 11 is 0. The van der Waals surface area contributed by atoms with Crippen molar-refractivity contribution in [2.45, 2.75) is 25.7 Å². The molecule has 0 radical (unpaired) electrons. The van der Waals surface area contributed by atoms with E-state index in [1.807, 2.05) is 0 Å². The predicted molar refractivity (Wildman–Crippen MR) is 77.5 cm³/mol. The average Bonchev–Trinajstić information content (AvgIpc) is 2.49. The highest BCUT2D eigenvalue weighted by Crippen LogP contribution is 2.27. The molecule has 1 aromatic rings. The minimum absolute atomic E-state index is 0.0654. The molecule has 0 spiro atoms. The number of methoxy groups -OCH3 is 1. The van der Waals surface area contributed by atoms with E-state index in [1.54, 1.807) is 0 Å². The minimum Gasteiger partial charge on any atom is -0.490 e. The third-order valence-electron chi connectivity index (χ3n) is 3.01. The smallest absolute Gasteiger partial charge is 0.310 e. The van der Waals surface area contributed by atoms with Gasteiger partial charge < -0.3 is 15.2 Å². The van der Waals surface area contributed by atoms with Gasteiger partial charge in [-0.3, -0.25) is 14.9 Å². The number of hydrogen-bond donors (Lipinski definition) is 2. The summed E-state index contributed by atoms with van der Waals surface area (Å²) in [4.78, 5) is 22.1. The Hall–Kier alpha value is -2.15. The first-order valence-electron chi connectivity index (χ1n) is 6.81. The summed E-state index contributed by atoms with van der Waals surface area (Å²) in [5.41, 5.74) is 0.158. The van der Waals surface area contributed by atoms with Gasteiger partial charge in [0.2, 0.25) is 0 Å². The Bertz CT molecular complexity index is 490. The first kappa shape index (κ1) is 16.9. The summed E-state index contributed by atoms with van der Waals surface area (Å²) < 4.78 is 4.92. The van der Waals surface area contributed by atoms with Gasteiger partial charge >= 0.3 is 5.69 Å². The quantitative estimate of drug-likeness (QED) is 0.411. The maximum atomic E-state index is 11.9. The molecule has 0 aliphatic carbocycles. The van der Waals surface area contributed by atoms with Gasteiger partial charge in [0.15, 0.2) is 5.75 Å². The van der Waals surface area contributed by atoms with Gasteiger partial charge in [-0.2, -0.15) is 0 Å². The van der Waals surface area contributed by atoms with E-state index in [0.717, 1.165) is 25.7 Å². The fraction of sp³-hybridized carbons (Fsp3) is 0.500. The van der Waals surface area contributed by atoms with Crippen molar-refractivity contribution in [1.82, 2.24) is 5.32 Å². The molecular weight excluding hydrogens is 276 g/mol. The zero-order valence-electron chi connectivity index (χ0n) is 12.0. The Labute approximate surface area is 123 Å². The highest BCUT2D eigenvalue weighted by Gasteiger charge is 2.17. The molecule has 0 saturated heterocycles. The molecule has 2 N–H and O–H groups in total. The first-order valence-corrected chi connectivity index (χ1v) is 6.81. The number of nitro groups is 1. The van der Waals surface area contributed by atoms with Crippen molar-refractivity contribution in [3.8, 4) is 5.75 Å². The van der Waals surface area contributed by atoms with Crippen LogP contribution in [0.2, 0.25) is 0 Å². The minimum atomic E-state index is -0.554. The van der Waals surface area contributed by atoms with Crippen molar-refractivity contribution >= 4 is 11.6 Å². The first-order chi connectivity index (χ1) is 10.1. The number of unbranched alkanes of at least 4 members (excludes halogenated alkanes) is 3. The number of nitrogens with zero attached hydrogens (tertiary/aromatic N) is 1. The lowest BCUT2D eigenvalue weighted by Crippen LogP contribution is -2.24. The molecule has 0 fully saturated rings. The topological polar surface area (TPSA) is 102 Å². The van der Waals surface area contributed by atoms with E-state index >= 15 is 0 Å². The summed E-state index contributed by atoms with van der Waals surface area (Å²) in [5, 5.41) is 22.2. The number of amides is 1. The molecule has 1 aromatic carbocycles. The van der Waals surface area contributed by atoms with Crippen molar-refractivity contribution in [2.24, 2.45) is 0 Å². The molecule has 21 heavy (non-hydrogen) atoms. The number of nitro benzene ring substituents is 1. The summed E-state index contributed by atoms with van der Waals surface area (Å²) in [6.45, 7) is 0.721.